The molecule has 27 heavy (non-hydrogen) atoms. The van der Waals surface area contributed by atoms with Gasteiger partial charge in [0.1, 0.15) is 0 Å². The Morgan fingerprint density at radius 2 is 2.00 bits per heavy atom. The zero-order chi connectivity index (χ0) is 19.1. The van der Waals surface area contributed by atoms with Crippen LogP contribution in [-0.4, -0.2) is 57.7 Å². The monoisotopic (exact) mass is 375 g/mol. The van der Waals surface area contributed by atoms with Crippen LogP contribution >= 0.6 is 0 Å². The largest absolute Gasteiger partial charge is 0.492 e. The summed E-state index contributed by atoms with van der Waals surface area (Å²) in [5.74, 6) is 8.10. The van der Waals surface area contributed by atoms with E-state index in [0.29, 0.717) is 24.5 Å². The van der Waals surface area contributed by atoms with Gasteiger partial charge < -0.3 is 25.0 Å². The number of fused-ring (bicyclic) bond motifs is 1. The van der Waals surface area contributed by atoms with Gasteiger partial charge in [-0.2, -0.15) is 0 Å². The van der Waals surface area contributed by atoms with E-state index in [0.717, 1.165) is 32.1 Å². The number of nitrogens with two attached hydrogens (primary N) is 2. The predicted molar refractivity (Wildman–Crippen MR) is 108 cm³/mol. The van der Waals surface area contributed by atoms with Gasteiger partial charge in [0.25, 0.3) is 0 Å². The Hall–Kier alpha value is -1.54. The van der Waals surface area contributed by atoms with E-state index in [1.807, 2.05) is 5.01 Å². The van der Waals surface area contributed by atoms with Gasteiger partial charge in [0, 0.05) is 38.8 Å². The Bertz CT molecular complexity index is 681. The molecule has 4 N–H and O–H groups in total. The Kier molecular flexibility index (Phi) is 5.20. The summed E-state index contributed by atoms with van der Waals surface area (Å²) in [7, 11) is 3.50. The van der Waals surface area contributed by atoms with Crippen molar-refractivity contribution in [2.45, 2.75) is 38.4 Å². The van der Waals surface area contributed by atoms with E-state index >= 15 is 0 Å². The molecule has 150 valence electrons. The highest BCUT2D eigenvalue weighted by atomic mass is 16.5. The lowest BCUT2D eigenvalue weighted by molar-refractivity contribution is 0.152. The molecule has 0 unspecified atom stereocenters. The van der Waals surface area contributed by atoms with Gasteiger partial charge in [-0.05, 0) is 36.3 Å². The maximum atomic E-state index is 6.38. The molecular weight excluding hydrogens is 342 g/mol. The minimum absolute atomic E-state index is 0.0624. The van der Waals surface area contributed by atoms with Gasteiger partial charge in [0.15, 0.2) is 5.75 Å². The lowest BCUT2D eigenvalue weighted by Crippen LogP contribution is -2.47. The fourth-order valence-corrected chi connectivity index (χ4v) is 4.78. The van der Waals surface area contributed by atoms with Crippen molar-refractivity contribution in [1.82, 2.24) is 5.01 Å². The van der Waals surface area contributed by atoms with E-state index in [9.17, 15) is 0 Å². The van der Waals surface area contributed by atoms with Gasteiger partial charge in [0.2, 0.25) is 0 Å². The summed E-state index contributed by atoms with van der Waals surface area (Å²) in [6.07, 6.45) is 2.46. The van der Waals surface area contributed by atoms with Crippen molar-refractivity contribution < 1.29 is 9.47 Å². The Labute approximate surface area is 162 Å². The normalized spacial score (nSPS) is 27.0. The third-order valence-electron chi connectivity index (χ3n) is 6.30. The van der Waals surface area contributed by atoms with Crippen molar-refractivity contribution in [3.8, 4) is 5.75 Å². The van der Waals surface area contributed by atoms with Crippen LogP contribution in [0, 0.1) is 11.8 Å². The number of hydrogen-bond acceptors (Lipinski definition) is 7. The summed E-state index contributed by atoms with van der Waals surface area (Å²) in [6.45, 7) is 6.33. The number of nitrogens with zero attached hydrogens (tertiary/aromatic N) is 3. The average molecular weight is 376 g/mol. The van der Waals surface area contributed by atoms with Crippen molar-refractivity contribution in [1.29, 1.82) is 0 Å². The van der Waals surface area contributed by atoms with Gasteiger partial charge in [0.05, 0.1) is 31.8 Å². The summed E-state index contributed by atoms with van der Waals surface area (Å²) < 4.78 is 11.3. The van der Waals surface area contributed by atoms with Crippen LogP contribution in [0.4, 0.5) is 11.4 Å². The SMILES string of the molecule is COC[C@H](N)[C@H]1CN(c2ccc3c(c2OC)N(C2CC2)CN(N)C3)C[C@H]1C. The molecule has 3 aliphatic rings. The van der Waals surface area contributed by atoms with Crippen molar-refractivity contribution >= 4 is 11.4 Å². The van der Waals surface area contributed by atoms with E-state index in [2.05, 4.69) is 28.9 Å². The number of rotatable bonds is 6. The topological polar surface area (TPSA) is 80.2 Å². The molecule has 0 radical (unpaired) electrons. The molecule has 0 amide bonds. The molecule has 0 aromatic heterocycles. The fraction of sp³-hybridized carbons (Fsp3) is 0.700. The zero-order valence-corrected chi connectivity index (χ0v) is 16.7. The second-order valence-corrected chi connectivity index (χ2v) is 8.38. The van der Waals surface area contributed by atoms with E-state index < -0.39 is 0 Å². The average Bonchev–Trinajstić information content (AvgIpc) is 3.42. The second-order valence-electron chi connectivity index (χ2n) is 8.38. The Morgan fingerprint density at radius 3 is 2.67 bits per heavy atom. The predicted octanol–water partition coefficient (Wildman–Crippen LogP) is 1.36. The summed E-state index contributed by atoms with van der Waals surface area (Å²) in [4.78, 5) is 4.86. The van der Waals surface area contributed by atoms with Crippen molar-refractivity contribution in [2.24, 2.45) is 23.4 Å². The molecule has 0 spiro atoms. The van der Waals surface area contributed by atoms with Crippen LogP contribution in [0.15, 0.2) is 12.1 Å². The van der Waals surface area contributed by atoms with Gasteiger partial charge in [-0.1, -0.05) is 13.0 Å². The maximum Gasteiger partial charge on any atom is 0.165 e. The van der Waals surface area contributed by atoms with Crippen LogP contribution in [0.2, 0.25) is 0 Å². The molecule has 1 saturated heterocycles. The fourth-order valence-electron chi connectivity index (χ4n) is 4.78. The molecule has 0 bridgehead atoms. The van der Waals surface area contributed by atoms with Crippen molar-refractivity contribution in [3.63, 3.8) is 0 Å². The first-order valence-electron chi connectivity index (χ1n) is 9.99. The summed E-state index contributed by atoms with van der Waals surface area (Å²) in [5.41, 5.74) is 10.0. The van der Waals surface area contributed by atoms with E-state index in [4.69, 9.17) is 21.1 Å². The van der Waals surface area contributed by atoms with Crippen LogP contribution in [0.3, 0.4) is 0 Å². The molecule has 7 heteroatoms. The number of hydrazine groups is 1. The first-order valence-corrected chi connectivity index (χ1v) is 9.99. The van der Waals surface area contributed by atoms with Gasteiger partial charge in [-0.25, -0.2) is 5.01 Å². The van der Waals surface area contributed by atoms with Crippen LogP contribution in [0.1, 0.15) is 25.3 Å². The molecule has 2 fully saturated rings. The summed E-state index contributed by atoms with van der Waals surface area (Å²) >= 11 is 0. The van der Waals surface area contributed by atoms with Crippen LogP contribution < -0.4 is 26.1 Å². The van der Waals surface area contributed by atoms with Crippen LogP contribution in [0.25, 0.3) is 0 Å². The van der Waals surface area contributed by atoms with Crippen LogP contribution in [-0.2, 0) is 11.3 Å². The Morgan fingerprint density at radius 1 is 1.22 bits per heavy atom. The van der Waals surface area contributed by atoms with Gasteiger partial charge in [-0.15, -0.1) is 0 Å². The molecular formula is C20H33N5O2. The van der Waals surface area contributed by atoms with E-state index in [-0.39, 0.29) is 6.04 Å². The molecule has 1 aromatic carbocycles. The number of anilines is 2. The number of methoxy groups -OCH3 is 2. The number of benzene rings is 1. The lowest BCUT2D eigenvalue weighted by Gasteiger charge is -2.38. The third-order valence-corrected chi connectivity index (χ3v) is 6.30. The molecule has 1 aliphatic carbocycles. The first kappa shape index (κ1) is 18.8. The maximum absolute atomic E-state index is 6.38. The standard InChI is InChI=1S/C20H33N5O2/c1-13-8-23(10-16(13)17(21)11-26-2)18-7-4-14-9-24(22)12-25(15-5-6-15)19(14)20(18)27-3/h4,7,13,15-17H,5-6,8-12,21-22H2,1-3H3/t13-,16+,17+/m1/s1. The number of ether oxygens (including phenoxy) is 2. The van der Waals surface area contributed by atoms with Crippen molar-refractivity contribution in [3.05, 3.63) is 17.7 Å². The molecule has 1 aromatic rings. The highest BCUT2D eigenvalue weighted by Gasteiger charge is 2.39. The lowest BCUT2D eigenvalue weighted by atomic mass is 9.91. The Balaban J connectivity index is 1.65. The second kappa shape index (κ2) is 7.47. The molecule has 3 atom stereocenters. The highest BCUT2D eigenvalue weighted by molar-refractivity contribution is 5.77. The number of hydrogen-bond donors (Lipinski definition) is 2. The van der Waals surface area contributed by atoms with Crippen molar-refractivity contribution in [2.75, 3.05) is 50.4 Å². The van der Waals surface area contributed by atoms with E-state index in [1.165, 1.54) is 29.8 Å². The van der Waals surface area contributed by atoms with E-state index in [1.54, 1.807) is 14.2 Å². The molecule has 4 rings (SSSR count). The summed E-state index contributed by atoms with van der Waals surface area (Å²) in [6, 6.07) is 5.06. The minimum Gasteiger partial charge on any atom is -0.492 e. The molecule has 2 aliphatic heterocycles. The van der Waals surface area contributed by atoms with Gasteiger partial charge in [-0.3, -0.25) is 5.84 Å². The zero-order valence-electron chi connectivity index (χ0n) is 16.7. The van der Waals surface area contributed by atoms with Crippen LogP contribution in [0.5, 0.6) is 5.75 Å². The highest BCUT2D eigenvalue weighted by Crippen LogP contribution is 2.47. The molecule has 7 nitrogen and oxygen atoms in total. The molecule has 1 saturated carbocycles. The third kappa shape index (κ3) is 3.49. The van der Waals surface area contributed by atoms with Gasteiger partial charge >= 0.3 is 0 Å². The first-order chi connectivity index (χ1) is 13.0. The minimum atomic E-state index is 0.0624. The quantitative estimate of drug-likeness (QED) is 0.727. The smallest absolute Gasteiger partial charge is 0.165 e. The summed E-state index contributed by atoms with van der Waals surface area (Å²) in [5, 5.41) is 1.89. The molecule has 2 heterocycles.